The first-order valence-electron chi connectivity index (χ1n) is 6.74. The summed E-state index contributed by atoms with van der Waals surface area (Å²) in [5.74, 6) is -0.0760. The highest BCUT2D eigenvalue weighted by Gasteiger charge is 2.18. The fraction of sp³-hybridized carbons (Fsp3) is 0.333. The number of amides is 1. The van der Waals surface area contributed by atoms with Gasteiger partial charge in [0.1, 0.15) is 5.69 Å². The van der Waals surface area contributed by atoms with Gasteiger partial charge in [-0.25, -0.2) is 4.98 Å². The molecule has 5 nitrogen and oxygen atoms in total. The number of nitrogens with two attached hydrogens (primary N) is 1. The number of benzene rings is 1. The minimum atomic E-state index is -0.0760. The fourth-order valence-electron chi connectivity index (χ4n) is 2.05. The Morgan fingerprint density at radius 3 is 2.55 bits per heavy atom. The van der Waals surface area contributed by atoms with Crippen molar-refractivity contribution < 1.29 is 4.79 Å². The quantitative estimate of drug-likeness (QED) is 0.904. The standard InChI is InChI=1S/C15H20N4O/c1-3-8-19(13-6-4-12(9-16)5-7-13)15(20)14-10-18(2)11-17-14/h4-7,10-11H,3,8-9,16H2,1-2H3. The molecule has 0 spiro atoms. The Bertz CT molecular complexity index is 574. The van der Waals surface area contributed by atoms with Crippen LogP contribution in [0.3, 0.4) is 0 Å². The third-order valence-electron chi connectivity index (χ3n) is 3.10. The zero-order valence-electron chi connectivity index (χ0n) is 11.9. The van der Waals surface area contributed by atoms with Crippen molar-refractivity contribution in [2.45, 2.75) is 19.9 Å². The number of aryl methyl sites for hydroxylation is 1. The fourth-order valence-corrected chi connectivity index (χ4v) is 2.05. The van der Waals surface area contributed by atoms with Crippen LogP contribution in [0.2, 0.25) is 0 Å². The average molecular weight is 272 g/mol. The van der Waals surface area contributed by atoms with Gasteiger partial charge >= 0.3 is 0 Å². The molecular weight excluding hydrogens is 252 g/mol. The molecule has 1 amide bonds. The van der Waals surface area contributed by atoms with Crippen molar-refractivity contribution in [3.05, 3.63) is 48.0 Å². The maximum Gasteiger partial charge on any atom is 0.278 e. The lowest BCUT2D eigenvalue weighted by Crippen LogP contribution is -2.32. The second-order valence-corrected chi connectivity index (χ2v) is 4.75. The molecule has 0 unspecified atom stereocenters. The molecule has 1 aromatic carbocycles. The molecule has 2 aromatic rings. The van der Waals surface area contributed by atoms with E-state index >= 15 is 0 Å². The number of hydrogen-bond donors (Lipinski definition) is 1. The number of hydrogen-bond acceptors (Lipinski definition) is 3. The molecule has 0 radical (unpaired) electrons. The van der Waals surface area contributed by atoms with Gasteiger partial charge < -0.3 is 15.2 Å². The molecular formula is C15H20N4O. The molecule has 106 valence electrons. The van der Waals surface area contributed by atoms with Crippen LogP contribution in [0.5, 0.6) is 0 Å². The van der Waals surface area contributed by atoms with Crippen LogP contribution in [0.4, 0.5) is 5.69 Å². The molecule has 0 bridgehead atoms. The second kappa shape index (κ2) is 6.34. The van der Waals surface area contributed by atoms with Gasteiger partial charge in [0, 0.05) is 32.0 Å². The lowest BCUT2D eigenvalue weighted by atomic mass is 10.2. The van der Waals surface area contributed by atoms with E-state index in [9.17, 15) is 4.79 Å². The van der Waals surface area contributed by atoms with Gasteiger partial charge in [-0.05, 0) is 24.1 Å². The van der Waals surface area contributed by atoms with Crippen LogP contribution in [-0.2, 0) is 13.6 Å². The molecule has 20 heavy (non-hydrogen) atoms. The van der Waals surface area contributed by atoms with Crippen LogP contribution in [0.15, 0.2) is 36.8 Å². The van der Waals surface area contributed by atoms with Gasteiger partial charge in [-0.3, -0.25) is 4.79 Å². The first-order chi connectivity index (χ1) is 9.65. The first kappa shape index (κ1) is 14.3. The van der Waals surface area contributed by atoms with E-state index in [1.807, 2.05) is 38.2 Å². The number of anilines is 1. The molecule has 0 aliphatic carbocycles. The molecule has 0 aliphatic rings. The number of carbonyl (C=O) groups excluding carboxylic acids is 1. The van der Waals surface area contributed by atoms with Gasteiger partial charge in [0.2, 0.25) is 0 Å². The highest BCUT2D eigenvalue weighted by Crippen LogP contribution is 2.18. The largest absolute Gasteiger partial charge is 0.340 e. The summed E-state index contributed by atoms with van der Waals surface area (Å²) in [6, 6.07) is 7.75. The smallest absolute Gasteiger partial charge is 0.278 e. The normalized spacial score (nSPS) is 10.6. The lowest BCUT2D eigenvalue weighted by molar-refractivity contribution is 0.0982. The number of rotatable bonds is 5. The summed E-state index contributed by atoms with van der Waals surface area (Å²) in [6.45, 7) is 3.21. The third kappa shape index (κ3) is 3.05. The van der Waals surface area contributed by atoms with E-state index in [2.05, 4.69) is 4.98 Å². The van der Waals surface area contributed by atoms with Crippen molar-refractivity contribution in [2.75, 3.05) is 11.4 Å². The average Bonchev–Trinajstić information content (AvgIpc) is 2.91. The predicted octanol–water partition coefficient (Wildman–Crippen LogP) is 1.94. The molecule has 2 rings (SSSR count). The molecule has 0 aliphatic heterocycles. The van der Waals surface area contributed by atoms with Gasteiger partial charge in [-0.15, -0.1) is 0 Å². The number of aromatic nitrogens is 2. The summed E-state index contributed by atoms with van der Waals surface area (Å²) in [4.78, 5) is 18.4. The van der Waals surface area contributed by atoms with E-state index < -0.39 is 0 Å². The van der Waals surface area contributed by atoms with E-state index in [1.165, 1.54) is 0 Å². The summed E-state index contributed by atoms with van der Waals surface area (Å²) < 4.78 is 1.77. The van der Waals surface area contributed by atoms with Crippen LogP contribution < -0.4 is 10.6 Å². The minimum Gasteiger partial charge on any atom is -0.340 e. The van der Waals surface area contributed by atoms with E-state index in [0.717, 1.165) is 17.7 Å². The van der Waals surface area contributed by atoms with Gasteiger partial charge in [0.05, 0.1) is 6.33 Å². The van der Waals surface area contributed by atoms with E-state index in [-0.39, 0.29) is 5.91 Å². The maximum absolute atomic E-state index is 12.5. The SMILES string of the molecule is CCCN(C(=O)c1cn(C)cn1)c1ccc(CN)cc1. The lowest BCUT2D eigenvalue weighted by Gasteiger charge is -2.21. The summed E-state index contributed by atoms with van der Waals surface area (Å²) in [5.41, 5.74) is 7.98. The van der Waals surface area contributed by atoms with Crippen LogP contribution >= 0.6 is 0 Å². The monoisotopic (exact) mass is 272 g/mol. The van der Waals surface area contributed by atoms with Gasteiger partial charge in [0.25, 0.3) is 5.91 Å². The van der Waals surface area contributed by atoms with Gasteiger partial charge in [-0.1, -0.05) is 19.1 Å². The summed E-state index contributed by atoms with van der Waals surface area (Å²) in [7, 11) is 1.85. The second-order valence-electron chi connectivity index (χ2n) is 4.75. The van der Waals surface area contributed by atoms with Crippen molar-refractivity contribution in [1.29, 1.82) is 0 Å². The Morgan fingerprint density at radius 2 is 2.05 bits per heavy atom. The van der Waals surface area contributed by atoms with Gasteiger partial charge in [-0.2, -0.15) is 0 Å². The number of imidazole rings is 1. The molecule has 0 atom stereocenters. The predicted molar refractivity (Wildman–Crippen MR) is 79.5 cm³/mol. The molecule has 5 heteroatoms. The number of carbonyl (C=O) groups is 1. The molecule has 0 saturated carbocycles. The maximum atomic E-state index is 12.5. The zero-order valence-corrected chi connectivity index (χ0v) is 11.9. The minimum absolute atomic E-state index is 0.0760. The van der Waals surface area contributed by atoms with Crippen molar-refractivity contribution in [3.63, 3.8) is 0 Å². The zero-order chi connectivity index (χ0) is 14.5. The van der Waals surface area contributed by atoms with Crippen molar-refractivity contribution >= 4 is 11.6 Å². The van der Waals surface area contributed by atoms with Crippen LogP contribution in [-0.4, -0.2) is 22.0 Å². The first-order valence-corrected chi connectivity index (χ1v) is 6.74. The summed E-state index contributed by atoms with van der Waals surface area (Å²) in [6.07, 6.45) is 4.26. The number of nitrogens with zero attached hydrogens (tertiary/aromatic N) is 3. The van der Waals surface area contributed by atoms with E-state index in [1.54, 1.807) is 22.0 Å². The molecule has 1 heterocycles. The Kier molecular flexibility index (Phi) is 4.53. The van der Waals surface area contributed by atoms with E-state index in [0.29, 0.717) is 18.8 Å². The molecule has 1 aromatic heterocycles. The van der Waals surface area contributed by atoms with Crippen LogP contribution in [0, 0.1) is 0 Å². The van der Waals surface area contributed by atoms with E-state index in [4.69, 9.17) is 5.73 Å². The van der Waals surface area contributed by atoms with Crippen LogP contribution in [0.1, 0.15) is 29.4 Å². The topological polar surface area (TPSA) is 64.2 Å². The third-order valence-corrected chi connectivity index (χ3v) is 3.10. The molecule has 0 fully saturated rings. The van der Waals surface area contributed by atoms with Gasteiger partial charge in [0.15, 0.2) is 0 Å². The Morgan fingerprint density at radius 1 is 1.35 bits per heavy atom. The summed E-state index contributed by atoms with van der Waals surface area (Å²) in [5, 5.41) is 0. The summed E-state index contributed by atoms with van der Waals surface area (Å²) >= 11 is 0. The Hall–Kier alpha value is -2.14. The van der Waals surface area contributed by atoms with Crippen LogP contribution in [0.25, 0.3) is 0 Å². The highest BCUT2D eigenvalue weighted by molar-refractivity contribution is 6.04. The highest BCUT2D eigenvalue weighted by atomic mass is 16.2. The molecule has 0 saturated heterocycles. The Labute approximate surface area is 119 Å². The molecule has 2 N–H and O–H groups in total. The Balaban J connectivity index is 2.27. The van der Waals surface area contributed by atoms with Crippen molar-refractivity contribution in [2.24, 2.45) is 12.8 Å². The van der Waals surface area contributed by atoms with Crippen molar-refractivity contribution in [1.82, 2.24) is 9.55 Å². The van der Waals surface area contributed by atoms with Crippen molar-refractivity contribution in [3.8, 4) is 0 Å².